The fraction of sp³-hybridized carbons (Fsp3) is 0.286. The van der Waals surface area contributed by atoms with Gasteiger partial charge in [-0.15, -0.1) is 0 Å². The van der Waals surface area contributed by atoms with Gasteiger partial charge in [0.05, 0.1) is 5.02 Å². The molecule has 0 aliphatic carbocycles. The Bertz CT molecular complexity index is 499. The van der Waals surface area contributed by atoms with E-state index in [1.807, 2.05) is 6.07 Å². The maximum absolute atomic E-state index is 9.34. The standard InChI is InChI=1S/C14H16ClNOS/c1-10(6-12-4-5-18-9-12)16-8-11-2-3-14(17)13(15)7-11/h2-5,7,9-10,16-17H,6,8H2,1H3. The average Bonchev–Trinajstić information content (AvgIpc) is 2.83. The zero-order chi connectivity index (χ0) is 13.0. The monoisotopic (exact) mass is 281 g/mol. The van der Waals surface area contributed by atoms with Crippen LogP contribution >= 0.6 is 22.9 Å². The molecular weight excluding hydrogens is 266 g/mol. The molecule has 0 spiro atoms. The number of phenolic OH excluding ortho intramolecular Hbond substituents is 1. The number of nitrogens with one attached hydrogen (secondary N) is 1. The summed E-state index contributed by atoms with van der Waals surface area (Å²) < 4.78 is 0. The number of thiophene rings is 1. The van der Waals surface area contributed by atoms with Crippen molar-refractivity contribution < 1.29 is 5.11 Å². The first-order chi connectivity index (χ1) is 8.65. The van der Waals surface area contributed by atoms with E-state index in [9.17, 15) is 5.11 Å². The van der Waals surface area contributed by atoms with E-state index < -0.39 is 0 Å². The number of rotatable bonds is 5. The Morgan fingerprint density at radius 2 is 2.17 bits per heavy atom. The number of phenols is 1. The lowest BCUT2D eigenvalue weighted by Crippen LogP contribution is -2.27. The molecule has 0 aliphatic rings. The van der Waals surface area contributed by atoms with Gasteiger partial charge in [-0.3, -0.25) is 0 Å². The maximum atomic E-state index is 9.34. The molecule has 1 atom stereocenters. The minimum absolute atomic E-state index is 0.131. The van der Waals surface area contributed by atoms with Crippen molar-refractivity contribution in [1.29, 1.82) is 0 Å². The van der Waals surface area contributed by atoms with E-state index in [4.69, 9.17) is 11.6 Å². The largest absolute Gasteiger partial charge is 0.506 e. The molecule has 96 valence electrons. The number of halogens is 1. The van der Waals surface area contributed by atoms with Gasteiger partial charge in [0, 0.05) is 12.6 Å². The topological polar surface area (TPSA) is 32.3 Å². The highest BCUT2D eigenvalue weighted by Gasteiger charge is 2.05. The SMILES string of the molecule is CC(Cc1ccsc1)NCc1ccc(O)c(Cl)c1. The van der Waals surface area contributed by atoms with Gasteiger partial charge in [0.15, 0.2) is 0 Å². The molecular formula is C14H16ClNOS. The Hall–Kier alpha value is -1.03. The Kier molecular flexibility index (Phi) is 4.64. The van der Waals surface area contributed by atoms with Gasteiger partial charge < -0.3 is 10.4 Å². The molecule has 0 fully saturated rings. The van der Waals surface area contributed by atoms with Crippen LogP contribution in [0, 0.1) is 0 Å². The molecule has 0 bridgehead atoms. The molecule has 0 saturated carbocycles. The Morgan fingerprint density at radius 3 is 2.83 bits per heavy atom. The van der Waals surface area contributed by atoms with Gasteiger partial charge in [-0.05, 0) is 53.4 Å². The van der Waals surface area contributed by atoms with Crippen LogP contribution in [0.3, 0.4) is 0 Å². The van der Waals surface area contributed by atoms with E-state index in [1.54, 1.807) is 23.5 Å². The second kappa shape index (κ2) is 6.23. The number of hydrogen-bond acceptors (Lipinski definition) is 3. The van der Waals surface area contributed by atoms with Crippen LogP contribution < -0.4 is 5.32 Å². The van der Waals surface area contributed by atoms with Crippen LogP contribution in [0.5, 0.6) is 5.75 Å². The van der Waals surface area contributed by atoms with Gasteiger partial charge in [0.25, 0.3) is 0 Å². The van der Waals surface area contributed by atoms with Crippen molar-refractivity contribution in [2.75, 3.05) is 0 Å². The first-order valence-corrected chi connectivity index (χ1v) is 7.19. The van der Waals surface area contributed by atoms with Crippen LogP contribution in [-0.4, -0.2) is 11.1 Å². The highest BCUT2D eigenvalue weighted by molar-refractivity contribution is 7.07. The summed E-state index contributed by atoms with van der Waals surface area (Å²) in [7, 11) is 0. The minimum atomic E-state index is 0.131. The minimum Gasteiger partial charge on any atom is -0.506 e. The van der Waals surface area contributed by atoms with Crippen LogP contribution in [0.1, 0.15) is 18.1 Å². The molecule has 1 aromatic heterocycles. The van der Waals surface area contributed by atoms with Crippen LogP contribution in [0.2, 0.25) is 5.02 Å². The van der Waals surface area contributed by atoms with E-state index in [1.165, 1.54) is 5.56 Å². The maximum Gasteiger partial charge on any atom is 0.134 e. The highest BCUT2D eigenvalue weighted by Crippen LogP contribution is 2.23. The first-order valence-electron chi connectivity index (χ1n) is 5.87. The summed E-state index contributed by atoms with van der Waals surface area (Å²) in [5.74, 6) is 0.131. The molecule has 2 N–H and O–H groups in total. The van der Waals surface area contributed by atoms with E-state index in [2.05, 4.69) is 29.1 Å². The van der Waals surface area contributed by atoms with Gasteiger partial charge in [0.1, 0.15) is 5.75 Å². The molecule has 4 heteroatoms. The van der Waals surface area contributed by atoms with Crippen LogP contribution in [-0.2, 0) is 13.0 Å². The Morgan fingerprint density at radius 1 is 1.33 bits per heavy atom. The van der Waals surface area contributed by atoms with Gasteiger partial charge in [-0.25, -0.2) is 0 Å². The molecule has 0 saturated heterocycles. The number of aromatic hydroxyl groups is 1. The van der Waals surface area contributed by atoms with Crippen LogP contribution in [0.4, 0.5) is 0 Å². The summed E-state index contributed by atoms with van der Waals surface area (Å²) >= 11 is 7.59. The molecule has 1 heterocycles. The Labute approximate surface area is 116 Å². The van der Waals surface area contributed by atoms with Gasteiger partial charge in [-0.1, -0.05) is 17.7 Å². The van der Waals surface area contributed by atoms with E-state index in [0.717, 1.165) is 18.5 Å². The lowest BCUT2D eigenvalue weighted by atomic mass is 10.1. The van der Waals surface area contributed by atoms with Crippen molar-refractivity contribution in [3.8, 4) is 5.75 Å². The smallest absolute Gasteiger partial charge is 0.134 e. The third-order valence-corrected chi connectivity index (χ3v) is 3.82. The quantitative estimate of drug-likeness (QED) is 0.873. The lowest BCUT2D eigenvalue weighted by Gasteiger charge is -2.13. The first kappa shape index (κ1) is 13.4. The molecule has 2 nitrogen and oxygen atoms in total. The number of benzene rings is 1. The van der Waals surface area contributed by atoms with Crippen molar-refractivity contribution in [3.05, 3.63) is 51.2 Å². The van der Waals surface area contributed by atoms with E-state index >= 15 is 0 Å². The molecule has 18 heavy (non-hydrogen) atoms. The van der Waals surface area contributed by atoms with Gasteiger partial charge >= 0.3 is 0 Å². The van der Waals surface area contributed by atoms with E-state index in [0.29, 0.717) is 11.1 Å². The molecule has 0 radical (unpaired) electrons. The van der Waals surface area contributed by atoms with Crippen molar-refractivity contribution in [3.63, 3.8) is 0 Å². The van der Waals surface area contributed by atoms with Crippen LogP contribution in [0.25, 0.3) is 0 Å². The number of hydrogen-bond donors (Lipinski definition) is 2. The predicted molar refractivity (Wildman–Crippen MR) is 77.4 cm³/mol. The fourth-order valence-corrected chi connectivity index (χ4v) is 2.67. The Balaban J connectivity index is 1.85. The van der Waals surface area contributed by atoms with Crippen molar-refractivity contribution in [2.24, 2.45) is 0 Å². The fourth-order valence-electron chi connectivity index (χ4n) is 1.79. The second-order valence-corrected chi connectivity index (χ2v) is 5.59. The summed E-state index contributed by atoms with van der Waals surface area (Å²) in [6, 6.07) is 7.86. The van der Waals surface area contributed by atoms with Crippen molar-refractivity contribution >= 4 is 22.9 Å². The van der Waals surface area contributed by atoms with Crippen molar-refractivity contribution in [2.45, 2.75) is 25.9 Å². The molecule has 2 aromatic rings. The second-order valence-electron chi connectivity index (χ2n) is 4.40. The van der Waals surface area contributed by atoms with Crippen LogP contribution in [0.15, 0.2) is 35.0 Å². The summed E-state index contributed by atoms with van der Waals surface area (Å²) in [6.45, 7) is 2.92. The average molecular weight is 282 g/mol. The summed E-state index contributed by atoms with van der Waals surface area (Å²) in [5, 5.41) is 17.5. The van der Waals surface area contributed by atoms with Gasteiger partial charge in [-0.2, -0.15) is 11.3 Å². The predicted octanol–water partition coefficient (Wildman–Crippen LogP) is 3.83. The zero-order valence-corrected chi connectivity index (χ0v) is 11.8. The zero-order valence-electron chi connectivity index (χ0n) is 10.2. The van der Waals surface area contributed by atoms with E-state index in [-0.39, 0.29) is 5.75 Å². The molecule has 0 amide bonds. The summed E-state index contributed by atoms with van der Waals surface area (Å²) in [5.41, 5.74) is 2.44. The molecule has 2 rings (SSSR count). The molecule has 1 aromatic carbocycles. The normalized spacial score (nSPS) is 12.6. The third-order valence-electron chi connectivity index (χ3n) is 2.79. The third kappa shape index (κ3) is 3.73. The van der Waals surface area contributed by atoms with Gasteiger partial charge in [0.2, 0.25) is 0 Å². The highest BCUT2D eigenvalue weighted by atomic mass is 35.5. The lowest BCUT2D eigenvalue weighted by molar-refractivity contribution is 0.475. The summed E-state index contributed by atoms with van der Waals surface area (Å²) in [4.78, 5) is 0. The van der Waals surface area contributed by atoms with Crippen molar-refractivity contribution in [1.82, 2.24) is 5.32 Å². The summed E-state index contributed by atoms with van der Waals surface area (Å²) in [6.07, 6.45) is 1.02. The molecule has 1 unspecified atom stereocenters. The molecule has 0 aliphatic heterocycles.